The number of hydrogen-bond donors (Lipinski definition) is 2. The second-order valence-corrected chi connectivity index (χ2v) is 7.57. The molecule has 25 heavy (non-hydrogen) atoms. The maximum absolute atomic E-state index is 12.4. The zero-order valence-electron chi connectivity index (χ0n) is 14.0. The van der Waals surface area contributed by atoms with Gasteiger partial charge in [-0.25, -0.2) is 0 Å². The van der Waals surface area contributed by atoms with E-state index in [9.17, 15) is 9.59 Å². The highest BCUT2D eigenvalue weighted by Gasteiger charge is 2.39. The highest BCUT2D eigenvalue weighted by molar-refractivity contribution is 7.12. The largest absolute Gasteiger partial charge is 0.447 e. The summed E-state index contributed by atoms with van der Waals surface area (Å²) >= 11 is 1.38. The normalized spacial score (nSPS) is 24.3. The van der Waals surface area contributed by atoms with E-state index in [-0.39, 0.29) is 17.7 Å². The summed E-state index contributed by atoms with van der Waals surface area (Å²) in [5.74, 6) is 0.629. The quantitative estimate of drug-likeness (QED) is 0.806. The average Bonchev–Trinajstić information content (AvgIpc) is 3.32. The summed E-state index contributed by atoms with van der Waals surface area (Å²) in [6.07, 6.45) is 3.39. The summed E-state index contributed by atoms with van der Waals surface area (Å²) in [5, 5.41) is 9.10. The molecule has 0 spiro atoms. The van der Waals surface area contributed by atoms with Gasteiger partial charge in [-0.2, -0.15) is 0 Å². The van der Waals surface area contributed by atoms with Gasteiger partial charge in [-0.05, 0) is 50.5 Å². The Bertz CT molecular complexity index is 799. The molecule has 2 aromatic rings. The predicted octanol–water partition coefficient (Wildman–Crippen LogP) is 3.37. The van der Waals surface area contributed by atoms with E-state index in [1.807, 2.05) is 0 Å². The van der Waals surface area contributed by atoms with Crippen LogP contribution < -0.4 is 15.4 Å². The average molecular weight is 356 g/mol. The fourth-order valence-corrected chi connectivity index (χ4v) is 4.40. The van der Waals surface area contributed by atoms with E-state index in [2.05, 4.69) is 10.6 Å². The van der Waals surface area contributed by atoms with Crippen LogP contribution in [0.1, 0.15) is 46.9 Å². The number of nitrogens with one attached hydrogen (secondary N) is 2. The molecular weight excluding hydrogens is 336 g/mol. The molecule has 0 saturated carbocycles. The Labute approximate surface area is 150 Å². The van der Waals surface area contributed by atoms with Gasteiger partial charge in [0.1, 0.15) is 5.75 Å². The van der Waals surface area contributed by atoms with Crippen LogP contribution in [0.4, 0.5) is 0 Å². The molecule has 1 aromatic heterocycles. The number of Topliss-reactive ketones (excluding diaryl/α,β-unsaturated/α-hetero) is 1. The summed E-state index contributed by atoms with van der Waals surface area (Å²) in [6, 6.07) is 10.1. The molecule has 3 unspecified atom stereocenters. The third-order valence-electron chi connectivity index (χ3n) is 4.93. The van der Waals surface area contributed by atoms with Crippen LogP contribution >= 0.6 is 11.3 Å². The van der Waals surface area contributed by atoms with Crippen LogP contribution in [0.2, 0.25) is 0 Å². The third kappa shape index (κ3) is 3.45. The number of thiophene rings is 1. The van der Waals surface area contributed by atoms with Crippen molar-refractivity contribution in [3.63, 3.8) is 0 Å². The molecule has 2 saturated heterocycles. The number of fused-ring (bicyclic) bond motifs is 2. The second-order valence-electron chi connectivity index (χ2n) is 6.70. The monoisotopic (exact) mass is 356 g/mol. The first-order valence-electron chi connectivity index (χ1n) is 8.53. The number of ether oxygens (including phenoxy) is 1. The van der Waals surface area contributed by atoms with Gasteiger partial charge in [-0.15, -0.1) is 11.3 Å². The van der Waals surface area contributed by atoms with Crippen molar-refractivity contribution in [3.8, 4) is 10.8 Å². The molecule has 3 atom stereocenters. The molecule has 6 heteroatoms. The van der Waals surface area contributed by atoms with Gasteiger partial charge in [-0.3, -0.25) is 9.59 Å². The number of amides is 1. The van der Waals surface area contributed by atoms with E-state index >= 15 is 0 Å². The number of carbonyl (C=O) groups is 2. The highest BCUT2D eigenvalue weighted by atomic mass is 32.1. The molecule has 130 valence electrons. The fraction of sp³-hybridized carbons (Fsp3) is 0.368. The number of hydrogen-bond acceptors (Lipinski definition) is 5. The third-order valence-corrected chi connectivity index (χ3v) is 5.74. The van der Waals surface area contributed by atoms with Crippen molar-refractivity contribution < 1.29 is 14.3 Å². The number of carbonyl (C=O) groups excluding carboxylic acids is 2. The first-order valence-corrected chi connectivity index (χ1v) is 9.41. The lowest BCUT2D eigenvalue weighted by Gasteiger charge is -2.21. The van der Waals surface area contributed by atoms with Gasteiger partial charge in [0.25, 0.3) is 5.91 Å². The van der Waals surface area contributed by atoms with E-state index < -0.39 is 0 Å². The Balaban J connectivity index is 1.37. The van der Waals surface area contributed by atoms with Gasteiger partial charge in [0.2, 0.25) is 0 Å². The molecule has 3 heterocycles. The summed E-state index contributed by atoms with van der Waals surface area (Å²) in [7, 11) is 0. The molecule has 5 nitrogen and oxygen atoms in total. The van der Waals surface area contributed by atoms with E-state index in [0.29, 0.717) is 34.0 Å². The van der Waals surface area contributed by atoms with Crippen LogP contribution in [0.5, 0.6) is 10.8 Å². The Kier molecular flexibility index (Phi) is 4.31. The van der Waals surface area contributed by atoms with Crippen molar-refractivity contribution in [1.29, 1.82) is 0 Å². The van der Waals surface area contributed by atoms with Crippen LogP contribution in [0.3, 0.4) is 0 Å². The maximum atomic E-state index is 12.4. The Hall–Kier alpha value is -2.18. The van der Waals surface area contributed by atoms with Crippen LogP contribution in [-0.2, 0) is 0 Å². The molecule has 2 aliphatic heterocycles. The first kappa shape index (κ1) is 16.3. The van der Waals surface area contributed by atoms with Gasteiger partial charge in [0, 0.05) is 40.7 Å². The summed E-state index contributed by atoms with van der Waals surface area (Å²) in [4.78, 5) is 23.7. The molecule has 2 fully saturated rings. The summed E-state index contributed by atoms with van der Waals surface area (Å²) in [6.45, 7) is 1.53. The molecule has 0 radical (unpaired) electrons. The smallest absolute Gasteiger partial charge is 0.251 e. The van der Waals surface area contributed by atoms with E-state index in [0.717, 1.165) is 12.8 Å². The second kappa shape index (κ2) is 6.61. The lowest BCUT2D eigenvalue weighted by atomic mass is 9.95. The van der Waals surface area contributed by atoms with Gasteiger partial charge >= 0.3 is 0 Å². The number of benzene rings is 1. The zero-order chi connectivity index (χ0) is 17.4. The van der Waals surface area contributed by atoms with E-state index in [4.69, 9.17) is 4.74 Å². The van der Waals surface area contributed by atoms with Crippen molar-refractivity contribution in [1.82, 2.24) is 10.6 Å². The van der Waals surface area contributed by atoms with Gasteiger partial charge in [0.05, 0.1) is 0 Å². The number of ketones is 1. The lowest BCUT2D eigenvalue weighted by Crippen LogP contribution is -2.42. The lowest BCUT2D eigenvalue weighted by molar-refractivity contribution is 0.0930. The minimum absolute atomic E-state index is 0.0215. The predicted molar refractivity (Wildman–Crippen MR) is 96.7 cm³/mol. The fourth-order valence-electron chi connectivity index (χ4n) is 3.58. The van der Waals surface area contributed by atoms with Crippen molar-refractivity contribution >= 4 is 23.0 Å². The Morgan fingerprint density at radius 2 is 2.00 bits per heavy atom. The minimum atomic E-state index is -0.0408. The Morgan fingerprint density at radius 1 is 1.20 bits per heavy atom. The van der Waals surface area contributed by atoms with Gasteiger partial charge in [-0.1, -0.05) is 0 Å². The van der Waals surface area contributed by atoms with Crippen molar-refractivity contribution in [2.75, 3.05) is 0 Å². The molecule has 2 aliphatic rings. The minimum Gasteiger partial charge on any atom is -0.447 e. The maximum Gasteiger partial charge on any atom is 0.251 e. The van der Waals surface area contributed by atoms with Crippen LogP contribution in [0, 0.1) is 0 Å². The van der Waals surface area contributed by atoms with Crippen LogP contribution in [-0.4, -0.2) is 29.8 Å². The van der Waals surface area contributed by atoms with Crippen LogP contribution in [0.15, 0.2) is 35.7 Å². The molecule has 2 bridgehead atoms. The standard InChI is InChI=1S/C19H20N2O3S/c1-11(22)13-8-18(25-10-13)24-15-5-2-12(3-6-15)19(23)21-17-9-14-4-7-16(17)20-14/h2-3,5-6,8,10,14,16-17,20H,4,7,9H2,1H3,(H,21,23). The van der Waals surface area contributed by atoms with E-state index in [1.165, 1.54) is 24.7 Å². The van der Waals surface area contributed by atoms with Gasteiger partial charge in [0.15, 0.2) is 10.8 Å². The van der Waals surface area contributed by atoms with Gasteiger partial charge < -0.3 is 15.4 Å². The van der Waals surface area contributed by atoms with Crippen molar-refractivity contribution in [2.45, 2.75) is 44.3 Å². The molecular formula is C19H20N2O3S. The van der Waals surface area contributed by atoms with Crippen molar-refractivity contribution in [2.24, 2.45) is 0 Å². The molecule has 1 aromatic carbocycles. The molecule has 0 aliphatic carbocycles. The zero-order valence-corrected chi connectivity index (χ0v) is 14.8. The molecule has 1 amide bonds. The summed E-state index contributed by atoms with van der Waals surface area (Å²) in [5.41, 5.74) is 1.28. The first-order chi connectivity index (χ1) is 12.1. The summed E-state index contributed by atoms with van der Waals surface area (Å²) < 4.78 is 5.74. The SMILES string of the molecule is CC(=O)c1csc(Oc2ccc(C(=O)NC3CC4CCC3N4)cc2)c1. The number of rotatable bonds is 5. The Morgan fingerprint density at radius 3 is 2.60 bits per heavy atom. The topological polar surface area (TPSA) is 67.4 Å². The van der Waals surface area contributed by atoms with E-state index in [1.54, 1.807) is 35.7 Å². The highest BCUT2D eigenvalue weighted by Crippen LogP contribution is 2.30. The molecule has 4 rings (SSSR count). The molecule has 2 N–H and O–H groups in total. The van der Waals surface area contributed by atoms with Crippen molar-refractivity contribution in [3.05, 3.63) is 46.8 Å². The van der Waals surface area contributed by atoms with Crippen LogP contribution in [0.25, 0.3) is 0 Å².